The van der Waals surface area contributed by atoms with Crippen molar-refractivity contribution in [1.82, 2.24) is 4.90 Å². The highest BCUT2D eigenvalue weighted by Crippen LogP contribution is 2.34. The molecule has 0 aliphatic carbocycles. The quantitative estimate of drug-likeness (QED) is 0.890. The first-order chi connectivity index (χ1) is 11.6. The molecule has 0 spiro atoms. The number of hydrogen-bond acceptors (Lipinski definition) is 2. The van der Waals surface area contributed by atoms with Crippen molar-refractivity contribution in [3.05, 3.63) is 59.2 Å². The van der Waals surface area contributed by atoms with Crippen LogP contribution in [0.3, 0.4) is 0 Å². The minimum absolute atomic E-state index is 0.0651. The molecule has 126 valence electrons. The third-order valence-electron chi connectivity index (χ3n) is 4.66. The highest BCUT2D eigenvalue weighted by molar-refractivity contribution is 5.91. The van der Waals surface area contributed by atoms with Gasteiger partial charge in [-0.25, -0.2) is 4.79 Å². The normalized spacial score (nSPS) is 17.0. The van der Waals surface area contributed by atoms with Gasteiger partial charge in [-0.1, -0.05) is 30.3 Å². The van der Waals surface area contributed by atoms with Crippen LogP contribution < -0.4 is 10.1 Å². The first-order valence-corrected chi connectivity index (χ1v) is 8.38. The van der Waals surface area contributed by atoms with Crippen LogP contribution in [0, 0.1) is 13.8 Å². The molecule has 1 aliphatic rings. The second-order valence-corrected chi connectivity index (χ2v) is 6.34. The Morgan fingerprint density at radius 3 is 2.75 bits per heavy atom. The number of nitrogens with zero attached hydrogens (tertiary/aromatic N) is 1. The van der Waals surface area contributed by atoms with Gasteiger partial charge in [-0.05, 0) is 55.5 Å². The second kappa shape index (κ2) is 6.95. The van der Waals surface area contributed by atoms with Gasteiger partial charge in [0.05, 0.1) is 18.8 Å². The van der Waals surface area contributed by atoms with E-state index in [1.165, 1.54) is 11.1 Å². The second-order valence-electron chi connectivity index (χ2n) is 6.34. The lowest BCUT2D eigenvalue weighted by Crippen LogP contribution is -2.34. The monoisotopic (exact) mass is 324 g/mol. The fourth-order valence-electron chi connectivity index (χ4n) is 3.40. The average molecular weight is 324 g/mol. The van der Waals surface area contributed by atoms with E-state index in [1.807, 2.05) is 42.2 Å². The third kappa shape index (κ3) is 3.23. The minimum Gasteiger partial charge on any atom is -0.495 e. The molecule has 1 aliphatic heterocycles. The van der Waals surface area contributed by atoms with E-state index >= 15 is 0 Å². The molecule has 0 aromatic heterocycles. The summed E-state index contributed by atoms with van der Waals surface area (Å²) >= 11 is 0. The maximum absolute atomic E-state index is 12.8. The molecule has 1 heterocycles. The number of nitrogens with one attached hydrogen (secondary N) is 1. The van der Waals surface area contributed by atoms with Crippen molar-refractivity contribution in [2.75, 3.05) is 19.0 Å². The van der Waals surface area contributed by atoms with Gasteiger partial charge in [0.1, 0.15) is 5.75 Å². The third-order valence-corrected chi connectivity index (χ3v) is 4.66. The Bertz CT molecular complexity index is 742. The molecule has 0 saturated carbocycles. The molecule has 0 unspecified atom stereocenters. The summed E-state index contributed by atoms with van der Waals surface area (Å²) in [6.07, 6.45) is 2.03. The van der Waals surface area contributed by atoms with Gasteiger partial charge in [-0.2, -0.15) is 0 Å². The molecule has 0 bridgehead atoms. The number of aryl methyl sites for hydroxylation is 2. The highest BCUT2D eigenvalue weighted by Gasteiger charge is 2.31. The SMILES string of the molecule is COc1ccc(C)cc1NC(=O)N1CCC[C@H]1c1ccccc1C. The number of amides is 2. The molecule has 24 heavy (non-hydrogen) atoms. The molecule has 4 nitrogen and oxygen atoms in total. The van der Waals surface area contributed by atoms with E-state index in [4.69, 9.17) is 4.74 Å². The van der Waals surface area contributed by atoms with Crippen molar-refractivity contribution >= 4 is 11.7 Å². The van der Waals surface area contributed by atoms with Crippen molar-refractivity contribution in [1.29, 1.82) is 0 Å². The largest absolute Gasteiger partial charge is 0.495 e. The summed E-state index contributed by atoms with van der Waals surface area (Å²) in [5.41, 5.74) is 4.28. The van der Waals surface area contributed by atoms with Crippen molar-refractivity contribution < 1.29 is 9.53 Å². The van der Waals surface area contributed by atoms with Crippen LogP contribution in [0.4, 0.5) is 10.5 Å². The maximum Gasteiger partial charge on any atom is 0.322 e. The molecule has 1 saturated heterocycles. The summed E-state index contributed by atoms with van der Waals surface area (Å²) in [4.78, 5) is 14.8. The Morgan fingerprint density at radius 2 is 2.00 bits per heavy atom. The number of ether oxygens (including phenoxy) is 1. The number of likely N-dealkylation sites (tertiary alicyclic amines) is 1. The van der Waals surface area contributed by atoms with Crippen molar-refractivity contribution in [2.45, 2.75) is 32.7 Å². The first-order valence-electron chi connectivity index (χ1n) is 8.38. The molecule has 2 aromatic carbocycles. The van der Waals surface area contributed by atoms with Crippen LogP contribution in [0.25, 0.3) is 0 Å². The number of carbonyl (C=O) groups excluding carboxylic acids is 1. The van der Waals surface area contributed by atoms with Gasteiger partial charge in [0.25, 0.3) is 0 Å². The fourth-order valence-corrected chi connectivity index (χ4v) is 3.40. The van der Waals surface area contributed by atoms with Crippen molar-refractivity contribution in [2.24, 2.45) is 0 Å². The molecule has 4 heteroatoms. The lowest BCUT2D eigenvalue weighted by Gasteiger charge is -2.27. The van der Waals surface area contributed by atoms with Gasteiger partial charge in [0.15, 0.2) is 0 Å². The molecular weight excluding hydrogens is 300 g/mol. The summed E-state index contributed by atoms with van der Waals surface area (Å²) in [6, 6.07) is 14.2. The maximum atomic E-state index is 12.8. The average Bonchev–Trinajstić information content (AvgIpc) is 3.05. The van der Waals surface area contributed by atoms with Crippen LogP contribution in [-0.2, 0) is 0 Å². The fraction of sp³-hybridized carbons (Fsp3) is 0.350. The Hall–Kier alpha value is -2.49. The standard InChI is InChI=1S/C20H24N2O2/c1-14-10-11-19(24-3)17(13-14)21-20(23)22-12-6-9-18(22)16-8-5-4-7-15(16)2/h4-5,7-8,10-11,13,18H,6,9,12H2,1-3H3,(H,21,23)/t18-/m0/s1. The molecule has 3 rings (SSSR count). The number of benzene rings is 2. The number of urea groups is 1. The van der Waals surface area contributed by atoms with Gasteiger partial charge in [-0.15, -0.1) is 0 Å². The number of hydrogen-bond donors (Lipinski definition) is 1. The van der Waals surface area contributed by atoms with Crippen molar-refractivity contribution in [3.8, 4) is 5.75 Å². The van der Waals surface area contributed by atoms with Crippen LogP contribution in [0.2, 0.25) is 0 Å². The van der Waals surface area contributed by atoms with E-state index in [2.05, 4.69) is 24.4 Å². The molecule has 2 aromatic rings. The molecule has 2 amide bonds. The summed E-state index contributed by atoms with van der Waals surface area (Å²) in [6.45, 7) is 4.88. The zero-order valence-corrected chi connectivity index (χ0v) is 14.5. The van der Waals surface area contributed by atoms with E-state index < -0.39 is 0 Å². The van der Waals surface area contributed by atoms with E-state index in [0.29, 0.717) is 5.75 Å². The lowest BCUT2D eigenvalue weighted by molar-refractivity contribution is 0.207. The van der Waals surface area contributed by atoms with Crippen LogP contribution in [-0.4, -0.2) is 24.6 Å². The molecule has 0 radical (unpaired) electrons. The van der Waals surface area contributed by atoms with Crippen LogP contribution >= 0.6 is 0 Å². The van der Waals surface area contributed by atoms with Crippen LogP contribution in [0.5, 0.6) is 5.75 Å². The minimum atomic E-state index is -0.0651. The van der Waals surface area contributed by atoms with Gasteiger partial charge < -0.3 is 15.0 Å². The van der Waals surface area contributed by atoms with Gasteiger partial charge in [0, 0.05) is 6.54 Å². The predicted molar refractivity (Wildman–Crippen MR) is 96.6 cm³/mol. The highest BCUT2D eigenvalue weighted by atomic mass is 16.5. The Morgan fingerprint density at radius 1 is 1.21 bits per heavy atom. The van der Waals surface area contributed by atoms with E-state index in [-0.39, 0.29) is 12.1 Å². The predicted octanol–water partition coefficient (Wildman–Crippen LogP) is 4.68. The summed E-state index contributed by atoms with van der Waals surface area (Å²) < 4.78 is 5.36. The van der Waals surface area contributed by atoms with Crippen LogP contribution in [0.1, 0.15) is 35.6 Å². The molecule has 1 N–H and O–H groups in total. The Labute approximate surface area is 143 Å². The summed E-state index contributed by atoms with van der Waals surface area (Å²) in [5, 5.41) is 3.03. The van der Waals surface area contributed by atoms with E-state index in [0.717, 1.165) is 30.6 Å². The molecular formula is C20H24N2O2. The number of anilines is 1. The number of carbonyl (C=O) groups is 1. The summed E-state index contributed by atoms with van der Waals surface area (Å²) in [5.74, 6) is 0.681. The smallest absolute Gasteiger partial charge is 0.322 e. The zero-order chi connectivity index (χ0) is 17.1. The number of rotatable bonds is 3. The topological polar surface area (TPSA) is 41.6 Å². The summed E-state index contributed by atoms with van der Waals surface area (Å²) in [7, 11) is 1.62. The van der Waals surface area contributed by atoms with Gasteiger partial charge in [-0.3, -0.25) is 0 Å². The van der Waals surface area contributed by atoms with Gasteiger partial charge >= 0.3 is 6.03 Å². The first kappa shape index (κ1) is 16.4. The zero-order valence-electron chi connectivity index (χ0n) is 14.5. The van der Waals surface area contributed by atoms with Gasteiger partial charge in [0.2, 0.25) is 0 Å². The molecule has 1 atom stereocenters. The Kier molecular flexibility index (Phi) is 4.74. The van der Waals surface area contributed by atoms with E-state index in [9.17, 15) is 4.79 Å². The number of methoxy groups -OCH3 is 1. The molecule has 1 fully saturated rings. The van der Waals surface area contributed by atoms with E-state index in [1.54, 1.807) is 7.11 Å². The van der Waals surface area contributed by atoms with Crippen LogP contribution in [0.15, 0.2) is 42.5 Å². The Balaban J connectivity index is 1.82. The van der Waals surface area contributed by atoms with Crippen molar-refractivity contribution in [3.63, 3.8) is 0 Å². The lowest BCUT2D eigenvalue weighted by atomic mass is 9.99.